The Morgan fingerprint density at radius 1 is 0.923 bits per heavy atom. The molecule has 2 atom stereocenters. The summed E-state index contributed by atoms with van der Waals surface area (Å²) in [5.74, 6) is 0. The van der Waals surface area contributed by atoms with E-state index in [1.165, 1.54) is 0 Å². The first-order valence-electron chi connectivity index (χ1n) is 5.14. The monoisotopic (exact) mass is 190 g/mol. The lowest BCUT2D eigenvalue weighted by molar-refractivity contribution is 0.0558. The van der Waals surface area contributed by atoms with E-state index < -0.39 is 0 Å². The molecule has 0 rings (SSSR count). The van der Waals surface area contributed by atoms with Crippen molar-refractivity contribution in [2.24, 2.45) is 0 Å². The van der Waals surface area contributed by atoms with E-state index in [0.29, 0.717) is 26.1 Å². The van der Waals surface area contributed by atoms with Gasteiger partial charge in [-0.3, -0.25) is 0 Å². The Bertz CT molecular complexity index is 94.3. The fourth-order valence-electron chi connectivity index (χ4n) is 0.949. The third-order valence-electron chi connectivity index (χ3n) is 2.13. The Labute approximate surface area is 80.7 Å². The third-order valence-corrected chi connectivity index (χ3v) is 2.13. The number of hydrogen-bond donors (Lipinski definition) is 2. The van der Waals surface area contributed by atoms with Crippen LogP contribution >= 0.6 is 0 Å². The minimum absolute atomic E-state index is 0.240. The Kier molecular flexibility index (Phi) is 8.40. The van der Waals surface area contributed by atoms with Crippen molar-refractivity contribution in [2.45, 2.75) is 51.7 Å². The molecule has 0 bridgehead atoms. The van der Waals surface area contributed by atoms with E-state index in [4.69, 9.17) is 4.74 Å². The van der Waals surface area contributed by atoms with E-state index in [1.807, 2.05) is 13.8 Å². The van der Waals surface area contributed by atoms with Gasteiger partial charge in [0.2, 0.25) is 0 Å². The van der Waals surface area contributed by atoms with Crippen LogP contribution in [-0.2, 0) is 4.74 Å². The van der Waals surface area contributed by atoms with Crippen LogP contribution in [0.5, 0.6) is 0 Å². The van der Waals surface area contributed by atoms with Gasteiger partial charge in [-0.1, -0.05) is 13.8 Å². The highest BCUT2D eigenvalue weighted by molar-refractivity contribution is 4.53. The maximum Gasteiger partial charge on any atom is 0.0559 e. The van der Waals surface area contributed by atoms with E-state index in [9.17, 15) is 10.2 Å². The van der Waals surface area contributed by atoms with Gasteiger partial charge in [-0.25, -0.2) is 0 Å². The molecule has 0 aliphatic rings. The van der Waals surface area contributed by atoms with Crippen molar-refractivity contribution < 1.29 is 14.9 Å². The number of ether oxygens (including phenoxy) is 1. The Hall–Kier alpha value is -0.120. The van der Waals surface area contributed by atoms with Crippen LogP contribution < -0.4 is 0 Å². The summed E-state index contributed by atoms with van der Waals surface area (Å²) in [6.07, 6.45) is 2.46. The van der Waals surface area contributed by atoms with Gasteiger partial charge < -0.3 is 14.9 Å². The van der Waals surface area contributed by atoms with Crippen molar-refractivity contribution in [2.75, 3.05) is 13.2 Å². The molecule has 2 N–H and O–H groups in total. The van der Waals surface area contributed by atoms with Gasteiger partial charge in [-0.15, -0.1) is 0 Å². The molecule has 3 heteroatoms. The molecule has 0 aromatic rings. The minimum atomic E-state index is -0.240. The Balaban J connectivity index is 3.08. The molecule has 3 nitrogen and oxygen atoms in total. The lowest BCUT2D eigenvalue weighted by Crippen LogP contribution is -2.12. The highest BCUT2D eigenvalue weighted by Crippen LogP contribution is 1.99. The zero-order valence-corrected chi connectivity index (χ0v) is 8.70. The molecule has 0 heterocycles. The van der Waals surface area contributed by atoms with Crippen molar-refractivity contribution in [1.29, 1.82) is 0 Å². The quantitative estimate of drug-likeness (QED) is 0.568. The summed E-state index contributed by atoms with van der Waals surface area (Å²) in [5, 5.41) is 18.4. The highest BCUT2D eigenvalue weighted by atomic mass is 16.5. The standard InChI is InChI=1S/C10H22O3/c1-3-9(11)5-7-13-8-6-10(12)4-2/h9-12H,3-8H2,1-2H3. The fraction of sp³-hybridized carbons (Fsp3) is 1.00. The van der Waals surface area contributed by atoms with Crippen molar-refractivity contribution in [3.8, 4) is 0 Å². The fourth-order valence-corrected chi connectivity index (χ4v) is 0.949. The zero-order chi connectivity index (χ0) is 10.1. The molecule has 0 fully saturated rings. The van der Waals surface area contributed by atoms with Gasteiger partial charge in [-0.2, -0.15) is 0 Å². The van der Waals surface area contributed by atoms with E-state index >= 15 is 0 Å². The van der Waals surface area contributed by atoms with E-state index in [0.717, 1.165) is 12.8 Å². The normalized spacial score (nSPS) is 15.7. The van der Waals surface area contributed by atoms with E-state index in [1.54, 1.807) is 0 Å². The summed E-state index contributed by atoms with van der Waals surface area (Å²) < 4.78 is 5.26. The largest absolute Gasteiger partial charge is 0.393 e. The second kappa shape index (κ2) is 8.48. The minimum Gasteiger partial charge on any atom is -0.393 e. The summed E-state index contributed by atoms with van der Waals surface area (Å²) in [7, 11) is 0. The smallest absolute Gasteiger partial charge is 0.0559 e. The molecule has 2 unspecified atom stereocenters. The predicted octanol–water partition coefficient (Wildman–Crippen LogP) is 1.32. The van der Waals surface area contributed by atoms with Crippen molar-refractivity contribution in [3.63, 3.8) is 0 Å². The lowest BCUT2D eigenvalue weighted by Gasteiger charge is -2.10. The molecule has 13 heavy (non-hydrogen) atoms. The molecule has 0 aliphatic heterocycles. The average Bonchev–Trinajstić information content (AvgIpc) is 2.16. The molecular weight excluding hydrogens is 168 g/mol. The number of hydrogen-bond acceptors (Lipinski definition) is 3. The van der Waals surface area contributed by atoms with E-state index in [2.05, 4.69) is 0 Å². The summed E-state index contributed by atoms with van der Waals surface area (Å²) in [6.45, 7) is 5.08. The summed E-state index contributed by atoms with van der Waals surface area (Å²) >= 11 is 0. The Morgan fingerprint density at radius 2 is 1.31 bits per heavy atom. The SMILES string of the molecule is CCC(O)CCOCCC(O)CC. The summed E-state index contributed by atoms with van der Waals surface area (Å²) in [5.41, 5.74) is 0. The highest BCUT2D eigenvalue weighted by Gasteiger charge is 2.02. The first-order valence-corrected chi connectivity index (χ1v) is 5.14. The van der Waals surface area contributed by atoms with Crippen LogP contribution in [0.25, 0.3) is 0 Å². The molecular formula is C10H22O3. The average molecular weight is 190 g/mol. The van der Waals surface area contributed by atoms with Crippen molar-refractivity contribution in [3.05, 3.63) is 0 Å². The van der Waals surface area contributed by atoms with Crippen molar-refractivity contribution in [1.82, 2.24) is 0 Å². The molecule has 0 amide bonds. The predicted molar refractivity (Wildman–Crippen MR) is 52.6 cm³/mol. The topological polar surface area (TPSA) is 49.7 Å². The maximum absolute atomic E-state index is 9.18. The second-order valence-electron chi connectivity index (χ2n) is 3.31. The molecule has 80 valence electrons. The van der Waals surface area contributed by atoms with Crippen LogP contribution in [0, 0.1) is 0 Å². The third kappa shape index (κ3) is 8.22. The van der Waals surface area contributed by atoms with Gasteiger partial charge in [0.25, 0.3) is 0 Å². The van der Waals surface area contributed by atoms with Gasteiger partial charge >= 0.3 is 0 Å². The maximum atomic E-state index is 9.18. The summed E-state index contributed by atoms with van der Waals surface area (Å²) in [6, 6.07) is 0. The lowest BCUT2D eigenvalue weighted by atomic mass is 10.2. The van der Waals surface area contributed by atoms with Gasteiger partial charge in [0.1, 0.15) is 0 Å². The van der Waals surface area contributed by atoms with Gasteiger partial charge in [-0.05, 0) is 25.7 Å². The van der Waals surface area contributed by atoms with Gasteiger partial charge in [0.15, 0.2) is 0 Å². The second-order valence-corrected chi connectivity index (χ2v) is 3.31. The summed E-state index contributed by atoms with van der Waals surface area (Å²) in [4.78, 5) is 0. The van der Waals surface area contributed by atoms with Gasteiger partial charge in [0, 0.05) is 13.2 Å². The van der Waals surface area contributed by atoms with Crippen LogP contribution in [0.3, 0.4) is 0 Å². The van der Waals surface area contributed by atoms with Crippen LogP contribution in [0.1, 0.15) is 39.5 Å². The molecule has 0 saturated carbocycles. The van der Waals surface area contributed by atoms with Crippen LogP contribution in [0.15, 0.2) is 0 Å². The Morgan fingerprint density at radius 3 is 1.62 bits per heavy atom. The van der Waals surface area contributed by atoms with Crippen LogP contribution in [0.2, 0.25) is 0 Å². The first-order chi connectivity index (χ1) is 6.20. The molecule has 0 aromatic heterocycles. The number of aliphatic hydroxyl groups is 2. The molecule has 0 radical (unpaired) electrons. The molecule has 0 spiro atoms. The van der Waals surface area contributed by atoms with Crippen LogP contribution in [-0.4, -0.2) is 35.6 Å². The van der Waals surface area contributed by atoms with Crippen LogP contribution in [0.4, 0.5) is 0 Å². The molecule has 0 saturated heterocycles. The number of rotatable bonds is 8. The van der Waals surface area contributed by atoms with Gasteiger partial charge in [0.05, 0.1) is 12.2 Å². The molecule has 0 aromatic carbocycles. The van der Waals surface area contributed by atoms with Crippen molar-refractivity contribution >= 4 is 0 Å². The number of aliphatic hydroxyl groups excluding tert-OH is 2. The van der Waals surface area contributed by atoms with E-state index in [-0.39, 0.29) is 12.2 Å². The molecule has 0 aliphatic carbocycles. The first kappa shape index (κ1) is 12.9. The zero-order valence-electron chi connectivity index (χ0n) is 8.70.